The summed E-state index contributed by atoms with van der Waals surface area (Å²) in [5.41, 5.74) is 0. The molecule has 0 aromatic carbocycles. The van der Waals surface area contributed by atoms with Gasteiger partial charge in [0.15, 0.2) is 12.2 Å². The standard InChI is InChI=1S/C70H132O17P2/c1-8-10-11-12-13-14-15-16-17-18-19-22-31-39-46-53-69(74)86-66(58-81-68(73)52-45-38-33-26-28-35-42-49-62(5)6)60-85-89(78,79)83-56-64(71)55-82-88(76,77)84-59-65(87-70(75)54-47-40-32-23-20-21-27-34-41-48-61(3)4)57-80-67(72)51-44-37-30-25-24-29-36-43-50-63(7)9-2/h14-17,61-66,71H,8-13,18-60H2,1-7H3,(H,76,77)(H,78,79)/b15-14-,17-16-/t63?,64?,65-,66-/m1/s1. The second-order valence-electron chi connectivity index (χ2n) is 25.8. The first-order valence-corrected chi connectivity index (χ1v) is 38.7. The number of hydrogen-bond acceptors (Lipinski definition) is 15. The Morgan fingerprint density at radius 1 is 0.371 bits per heavy atom. The first-order valence-electron chi connectivity index (χ1n) is 35.7. The lowest BCUT2D eigenvalue weighted by Gasteiger charge is -2.21. The molecule has 4 unspecified atom stereocenters. The molecule has 6 atom stereocenters. The molecular formula is C70H132O17P2. The molecule has 89 heavy (non-hydrogen) atoms. The monoisotopic (exact) mass is 1310 g/mol. The molecule has 0 aromatic heterocycles. The Kier molecular flexibility index (Phi) is 58.8. The van der Waals surface area contributed by atoms with Gasteiger partial charge in [-0.3, -0.25) is 37.3 Å². The third-order valence-electron chi connectivity index (χ3n) is 15.9. The normalized spacial score (nSPS) is 14.7. The van der Waals surface area contributed by atoms with Crippen molar-refractivity contribution in [2.24, 2.45) is 17.8 Å². The molecule has 17 nitrogen and oxygen atoms in total. The highest BCUT2D eigenvalue weighted by Gasteiger charge is 2.30. The van der Waals surface area contributed by atoms with Crippen LogP contribution in [-0.4, -0.2) is 96.7 Å². The maximum absolute atomic E-state index is 13.0. The number of ether oxygens (including phenoxy) is 4. The van der Waals surface area contributed by atoms with Crippen LogP contribution < -0.4 is 0 Å². The Bertz CT molecular complexity index is 1840. The second kappa shape index (κ2) is 60.5. The Hall–Kier alpha value is -2.46. The van der Waals surface area contributed by atoms with Gasteiger partial charge in [-0.2, -0.15) is 0 Å². The Balaban J connectivity index is 5.30. The molecule has 0 spiro atoms. The first-order chi connectivity index (χ1) is 42.8. The van der Waals surface area contributed by atoms with E-state index in [-0.39, 0.29) is 25.7 Å². The van der Waals surface area contributed by atoms with E-state index in [1.807, 2.05) is 0 Å². The summed E-state index contributed by atoms with van der Waals surface area (Å²) in [6.45, 7) is 11.7. The molecule has 3 N–H and O–H groups in total. The Morgan fingerprint density at radius 2 is 0.663 bits per heavy atom. The van der Waals surface area contributed by atoms with Crippen molar-refractivity contribution in [2.75, 3.05) is 39.6 Å². The predicted molar refractivity (Wildman–Crippen MR) is 358 cm³/mol. The summed E-state index contributed by atoms with van der Waals surface area (Å²) in [7, 11) is -9.91. The van der Waals surface area contributed by atoms with E-state index < -0.39 is 97.5 Å². The van der Waals surface area contributed by atoms with E-state index in [1.54, 1.807) is 0 Å². The van der Waals surface area contributed by atoms with Crippen molar-refractivity contribution in [3.8, 4) is 0 Å². The summed E-state index contributed by atoms with van der Waals surface area (Å²) < 4.78 is 68.2. The van der Waals surface area contributed by atoms with Crippen LogP contribution in [0, 0.1) is 17.8 Å². The third-order valence-corrected chi connectivity index (χ3v) is 17.8. The van der Waals surface area contributed by atoms with Crippen LogP contribution in [0.3, 0.4) is 0 Å². The highest BCUT2D eigenvalue weighted by molar-refractivity contribution is 7.47. The zero-order chi connectivity index (χ0) is 65.9. The third kappa shape index (κ3) is 62.7. The highest BCUT2D eigenvalue weighted by atomic mass is 31.2. The quantitative estimate of drug-likeness (QED) is 0.0169. The fourth-order valence-corrected chi connectivity index (χ4v) is 11.5. The van der Waals surface area contributed by atoms with Crippen molar-refractivity contribution < 1.29 is 80.2 Å². The van der Waals surface area contributed by atoms with Crippen LogP contribution in [0.2, 0.25) is 0 Å². The van der Waals surface area contributed by atoms with Crippen molar-refractivity contribution in [1.29, 1.82) is 0 Å². The molecule has 0 fully saturated rings. The first kappa shape index (κ1) is 86.5. The molecule has 0 amide bonds. The van der Waals surface area contributed by atoms with Gasteiger partial charge in [-0.25, -0.2) is 9.13 Å². The number of allylic oxidation sites excluding steroid dienone is 4. The molecule has 0 radical (unpaired) electrons. The number of rotatable bonds is 66. The lowest BCUT2D eigenvalue weighted by Crippen LogP contribution is -2.30. The minimum absolute atomic E-state index is 0.0837. The van der Waals surface area contributed by atoms with E-state index in [1.165, 1.54) is 116 Å². The molecule has 0 heterocycles. The van der Waals surface area contributed by atoms with Crippen LogP contribution in [0.4, 0.5) is 0 Å². The van der Waals surface area contributed by atoms with Crippen LogP contribution in [0.15, 0.2) is 24.3 Å². The number of aliphatic hydroxyl groups is 1. The van der Waals surface area contributed by atoms with E-state index in [9.17, 15) is 43.2 Å². The van der Waals surface area contributed by atoms with E-state index >= 15 is 0 Å². The SMILES string of the molecule is CCCCCC/C=C\C=C/CCCCCCCC(=O)O[C@H](COC(=O)CCCCCCCCCC(C)C)COP(=O)(O)OCC(O)COP(=O)(O)OC[C@@H](COC(=O)CCCCCCCCCCC(C)CC)OC(=O)CCCCCCCCCCCC(C)C. The number of carbonyl (C=O) groups excluding carboxylic acids is 4. The molecule has 0 aliphatic heterocycles. The number of phosphoric ester groups is 2. The van der Waals surface area contributed by atoms with E-state index in [0.717, 1.165) is 121 Å². The van der Waals surface area contributed by atoms with Gasteiger partial charge in [0.25, 0.3) is 0 Å². The summed E-state index contributed by atoms with van der Waals surface area (Å²) in [5.74, 6) is 0.0533. The van der Waals surface area contributed by atoms with Gasteiger partial charge in [0.2, 0.25) is 0 Å². The summed E-state index contributed by atoms with van der Waals surface area (Å²) in [6, 6.07) is 0. The van der Waals surface area contributed by atoms with Gasteiger partial charge >= 0.3 is 39.5 Å². The fraction of sp³-hybridized carbons (Fsp3) is 0.886. The largest absolute Gasteiger partial charge is 0.472 e. The predicted octanol–water partition coefficient (Wildman–Crippen LogP) is 19.4. The molecule has 0 saturated carbocycles. The van der Waals surface area contributed by atoms with Gasteiger partial charge in [-0.15, -0.1) is 0 Å². The molecule has 19 heteroatoms. The molecule has 0 aliphatic carbocycles. The van der Waals surface area contributed by atoms with E-state index in [4.69, 9.17) is 37.0 Å². The van der Waals surface area contributed by atoms with Crippen LogP contribution in [0.5, 0.6) is 0 Å². The smallest absolute Gasteiger partial charge is 0.462 e. The van der Waals surface area contributed by atoms with Crippen LogP contribution in [0.1, 0.15) is 325 Å². The van der Waals surface area contributed by atoms with Crippen molar-refractivity contribution in [3.05, 3.63) is 24.3 Å². The number of unbranched alkanes of at least 4 members (excludes halogenated alkanes) is 30. The summed E-state index contributed by atoms with van der Waals surface area (Å²) in [4.78, 5) is 72.5. The van der Waals surface area contributed by atoms with E-state index in [2.05, 4.69) is 72.8 Å². The average Bonchev–Trinajstić information content (AvgIpc) is 3.70. The number of carbonyl (C=O) groups is 4. The number of esters is 4. The molecular weight excluding hydrogens is 1170 g/mol. The fourth-order valence-electron chi connectivity index (χ4n) is 9.97. The van der Waals surface area contributed by atoms with Gasteiger partial charge < -0.3 is 33.8 Å². The number of aliphatic hydroxyl groups excluding tert-OH is 1. The minimum atomic E-state index is -4.96. The minimum Gasteiger partial charge on any atom is -0.462 e. The van der Waals surface area contributed by atoms with Gasteiger partial charge in [0, 0.05) is 25.7 Å². The van der Waals surface area contributed by atoms with Crippen LogP contribution in [0.25, 0.3) is 0 Å². The zero-order valence-electron chi connectivity index (χ0n) is 57.4. The van der Waals surface area contributed by atoms with Gasteiger partial charge in [0.05, 0.1) is 26.4 Å². The maximum Gasteiger partial charge on any atom is 0.472 e. The highest BCUT2D eigenvalue weighted by Crippen LogP contribution is 2.45. The lowest BCUT2D eigenvalue weighted by atomic mass is 9.99. The topological polar surface area (TPSA) is 237 Å². The Labute approximate surface area is 542 Å². The molecule has 524 valence electrons. The van der Waals surface area contributed by atoms with Crippen LogP contribution >= 0.6 is 15.6 Å². The zero-order valence-corrected chi connectivity index (χ0v) is 59.2. The van der Waals surface area contributed by atoms with Gasteiger partial charge in [-0.05, 0) is 69.1 Å². The molecule has 0 bridgehead atoms. The number of hydrogen-bond donors (Lipinski definition) is 3. The molecule has 0 saturated heterocycles. The second-order valence-corrected chi connectivity index (χ2v) is 28.7. The maximum atomic E-state index is 13.0. The lowest BCUT2D eigenvalue weighted by molar-refractivity contribution is -0.161. The van der Waals surface area contributed by atoms with Crippen molar-refractivity contribution >= 4 is 39.5 Å². The van der Waals surface area contributed by atoms with Crippen molar-refractivity contribution in [2.45, 2.75) is 343 Å². The van der Waals surface area contributed by atoms with Gasteiger partial charge in [-0.1, -0.05) is 272 Å². The average molecular weight is 1310 g/mol. The van der Waals surface area contributed by atoms with Gasteiger partial charge in [0.1, 0.15) is 19.3 Å². The molecule has 0 aromatic rings. The molecule has 0 aliphatic rings. The van der Waals surface area contributed by atoms with Crippen molar-refractivity contribution in [3.63, 3.8) is 0 Å². The Morgan fingerprint density at radius 3 is 1.00 bits per heavy atom. The molecule has 0 rings (SSSR count). The number of phosphoric acid groups is 2. The summed E-state index contributed by atoms with van der Waals surface area (Å²) in [6.07, 6.45) is 46.7. The van der Waals surface area contributed by atoms with Crippen molar-refractivity contribution in [1.82, 2.24) is 0 Å². The van der Waals surface area contributed by atoms with E-state index in [0.29, 0.717) is 31.6 Å². The summed E-state index contributed by atoms with van der Waals surface area (Å²) in [5, 5.41) is 10.6. The summed E-state index contributed by atoms with van der Waals surface area (Å²) >= 11 is 0. The van der Waals surface area contributed by atoms with Crippen LogP contribution in [-0.2, 0) is 65.4 Å².